The van der Waals surface area contributed by atoms with Crippen LogP contribution < -0.4 is 11.1 Å². The van der Waals surface area contributed by atoms with E-state index in [2.05, 4.69) is 65.7 Å². The predicted molar refractivity (Wildman–Crippen MR) is 122 cm³/mol. The molecule has 1 aromatic heterocycles. The summed E-state index contributed by atoms with van der Waals surface area (Å²) < 4.78 is 53.4. The Labute approximate surface area is 194 Å². The van der Waals surface area contributed by atoms with Gasteiger partial charge in [-0.25, -0.2) is 5.10 Å². The van der Waals surface area contributed by atoms with Crippen LogP contribution in [0.25, 0.3) is 0 Å². The average molecular weight is 647 g/mol. The number of nitrogens with zero attached hydrogens (tertiary/aromatic N) is 2. The summed E-state index contributed by atoms with van der Waals surface area (Å²) in [4.78, 5) is 4.62. The third-order valence-electron chi connectivity index (χ3n) is 3.85. The zero-order chi connectivity index (χ0) is 21.2. The third-order valence-corrected chi connectivity index (χ3v) is 7.07. The topological polar surface area (TPSA) is 103 Å². The number of alkyl halides is 5. The lowest BCUT2D eigenvalue weighted by Crippen LogP contribution is -2.11. The smallest absolute Gasteiger partial charge is 0.416 e. The number of aromatic amines is 1. The van der Waals surface area contributed by atoms with Crippen molar-refractivity contribution in [3.05, 3.63) is 53.1 Å². The quantitative estimate of drug-likeness (QED) is 0.195. The van der Waals surface area contributed by atoms with E-state index in [4.69, 9.17) is 5.73 Å². The lowest BCUT2D eigenvalue weighted by molar-refractivity contribution is -0.137. The summed E-state index contributed by atoms with van der Waals surface area (Å²) in [6.07, 6.45) is -4.50. The largest absolute Gasteiger partial charge is 0.606 e. The van der Waals surface area contributed by atoms with E-state index < -0.39 is 22.9 Å². The standard InChI is InChI=1S/C17H14F3I2N5OS/c18-17(19,20)11-2-1-3-13(6-11)29(28)14-9(7-21)4-12(5-10(14)8-22)24-16-25-15(23)26-27-16/h1-6H,7-8H2,(H4,23,24,25,26,27). The van der Waals surface area contributed by atoms with E-state index in [9.17, 15) is 17.7 Å². The van der Waals surface area contributed by atoms with Crippen molar-refractivity contribution in [1.29, 1.82) is 0 Å². The Balaban J connectivity index is 2.02. The van der Waals surface area contributed by atoms with Gasteiger partial charge in [0, 0.05) is 42.9 Å². The average Bonchev–Trinajstić information content (AvgIpc) is 3.10. The molecule has 0 radical (unpaired) electrons. The van der Waals surface area contributed by atoms with Crippen molar-refractivity contribution < 1.29 is 17.7 Å². The van der Waals surface area contributed by atoms with Crippen molar-refractivity contribution in [3.63, 3.8) is 0 Å². The van der Waals surface area contributed by atoms with Crippen molar-refractivity contribution in [3.8, 4) is 0 Å². The number of benzene rings is 2. The van der Waals surface area contributed by atoms with Gasteiger partial charge >= 0.3 is 6.18 Å². The van der Waals surface area contributed by atoms with Gasteiger partial charge in [-0.15, -0.1) is 5.10 Å². The highest BCUT2D eigenvalue weighted by Crippen LogP contribution is 2.36. The summed E-state index contributed by atoms with van der Waals surface area (Å²) in [7, 11) is 0. The summed E-state index contributed by atoms with van der Waals surface area (Å²) in [5, 5.41) is 9.46. The van der Waals surface area contributed by atoms with Crippen LogP contribution in [0.3, 0.4) is 0 Å². The van der Waals surface area contributed by atoms with Crippen LogP contribution in [0.4, 0.5) is 30.8 Å². The van der Waals surface area contributed by atoms with Gasteiger partial charge in [0.25, 0.3) is 0 Å². The highest BCUT2D eigenvalue weighted by Gasteiger charge is 2.33. The molecule has 12 heteroatoms. The molecule has 0 aliphatic rings. The molecule has 0 saturated heterocycles. The summed E-state index contributed by atoms with van der Waals surface area (Å²) in [5.74, 6) is 0.450. The molecule has 1 atom stereocenters. The fourth-order valence-electron chi connectivity index (χ4n) is 2.63. The zero-order valence-corrected chi connectivity index (χ0v) is 19.7. The van der Waals surface area contributed by atoms with E-state index in [0.717, 1.165) is 23.3 Å². The molecule has 0 aliphatic carbocycles. The van der Waals surface area contributed by atoms with Crippen molar-refractivity contribution in [2.75, 3.05) is 11.1 Å². The number of hydrogen-bond acceptors (Lipinski definition) is 5. The second-order valence-corrected chi connectivity index (χ2v) is 8.80. The van der Waals surface area contributed by atoms with Gasteiger partial charge in [0.2, 0.25) is 11.9 Å². The van der Waals surface area contributed by atoms with E-state index in [0.29, 0.717) is 19.4 Å². The molecule has 0 aliphatic heterocycles. The van der Waals surface area contributed by atoms with Gasteiger partial charge in [-0.1, -0.05) is 51.2 Å². The van der Waals surface area contributed by atoms with Crippen molar-refractivity contribution in [2.45, 2.75) is 24.8 Å². The number of aromatic nitrogens is 3. The van der Waals surface area contributed by atoms with Crippen LogP contribution in [-0.4, -0.2) is 19.7 Å². The maximum absolute atomic E-state index is 13.2. The van der Waals surface area contributed by atoms with E-state index in [-0.39, 0.29) is 16.8 Å². The van der Waals surface area contributed by atoms with Gasteiger partial charge in [0.05, 0.1) is 5.56 Å². The molecule has 4 N–H and O–H groups in total. The summed E-state index contributed by atoms with van der Waals surface area (Å²) in [6, 6.07) is 8.20. The van der Waals surface area contributed by atoms with Crippen LogP contribution in [0.2, 0.25) is 0 Å². The molecule has 3 aromatic rings. The number of nitrogen functional groups attached to an aromatic ring is 1. The molecular formula is C17H14F3I2N5OS. The monoisotopic (exact) mass is 647 g/mol. The fourth-order valence-corrected chi connectivity index (χ4v) is 5.76. The Hall–Kier alpha value is -1.26. The minimum absolute atomic E-state index is 0.111. The number of rotatable bonds is 6. The molecule has 0 spiro atoms. The summed E-state index contributed by atoms with van der Waals surface area (Å²) in [5.41, 5.74) is 6.88. The van der Waals surface area contributed by atoms with E-state index >= 15 is 0 Å². The van der Waals surface area contributed by atoms with Gasteiger partial charge in [0.1, 0.15) is 0 Å². The number of halogens is 5. The second-order valence-electron chi connectivity index (χ2n) is 5.85. The maximum Gasteiger partial charge on any atom is 0.416 e. The van der Waals surface area contributed by atoms with Crippen molar-refractivity contribution in [1.82, 2.24) is 15.2 Å². The highest BCUT2D eigenvalue weighted by atomic mass is 127. The zero-order valence-electron chi connectivity index (χ0n) is 14.6. The van der Waals surface area contributed by atoms with Gasteiger partial charge in [-0.05, 0) is 24.3 Å². The molecule has 0 saturated carbocycles. The Morgan fingerprint density at radius 3 is 2.31 bits per heavy atom. The Kier molecular flexibility index (Phi) is 7.16. The van der Waals surface area contributed by atoms with Crippen LogP contribution >= 0.6 is 45.2 Å². The first kappa shape index (κ1) is 22.4. The molecule has 0 bridgehead atoms. The molecule has 29 heavy (non-hydrogen) atoms. The lowest BCUT2D eigenvalue weighted by atomic mass is 10.1. The summed E-state index contributed by atoms with van der Waals surface area (Å²) in [6.45, 7) is 0. The first-order valence-electron chi connectivity index (χ1n) is 8.04. The van der Waals surface area contributed by atoms with Crippen molar-refractivity contribution in [2.24, 2.45) is 0 Å². The first-order valence-corrected chi connectivity index (χ1v) is 12.2. The minimum Gasteiger partial charge on any atom is -0.606 e. The number of nitrogens with two attached hydrogens (primary N) is 1. The number of hydrogen-bond donors (Lipinski definition) is 3. The second kappa shape index (κ2) is 9.26. The number of nitrogens with one attached hydrogen (secondary N) is 2. The highest BCUT2D eigenvalue weighted by molar-refractivity contribution is 14.1. The Bertz CT molecular complexity index is 990. The van der Waals surface area contributed by atoms with Gasteiger partial charge in [-0.2, -0.15) is 18.2 Å². The number of H-pyrrole nitrogens is 1. The van der Waals surface area contributed by atoms with Crippen LogP contribution in [0.5, 0.6) is 0 Å². The molecule has 0 amide bonds. The molecule has 1 heterocycles. The lowest BCUT2D eigenvalue weighted by Gasteiger charge is -2.18. The van der Waals surface area contributed by atoms with Gasteiger partial charge in [0.15, 0.2) is 9.79 Å². The molecule has 1 unspecified atom stereocenters. The van der Waals surface area contributed by atoms with Gasteiger partial charge < -0.3 is 15.6 Å². The molecular weight excluding hydrogens is 633 g/mol. The van der Waals surface area contributed by atoms with Crippen LogP contribution in [0.15, 0.2) is 46.2 Å². The van der Waals surface area contributed by atoms with Crippen molar-refractivity contribution >= 4 is 73.9 Å². The molecule has 2 aromatic carbocycles. The maximum atomic E-state index is 13.2. The molecule has 0 fully saturated rings. The minimum atomic E-state index is -4.50. The van der Waals surface area contributed by atoms with E-state index in [1.54, 1.807) is 12.1 Å². The molecule has 6 nitrogen and oxygen atoms in total. The summed E-state index contributed by atoms with van der Waals surface area (Å²) >= 11 is 2.51. The van der Waals surface area contributed by atoms with E-state index in [1.807, 2.05) is 0 Å². The molecule has 3 rings (SSSR count). The number of anilines is 3. The predicted octanol–water partition coefficient (Wildman–Crippen LogP) is 5.19. The Morgan fingerprint density at radius 1 is 1.14 bits per heavy atom. The van der Waals surface area contributed by atoms with Crippen LogP contribution in [0.1, 0.15) is 16.7 Å². The first-order chi connectivity index (χ1) is 13.7. The van der Waals surface area contributed by atoms with E-state index in [1.165, 1.54) is 12.1 Å². The molecule has 154 valence electrons. The Morgan fingerprint density at radius 2 is 1.79 bits per heavy atom. The third kappa shape index (κ3) is 5.27. The normalized spacial score (nSPS) is 12.8. The van der Waals surface area contributed by atoms with Gasteiger partial charge in [-0.3, -0.25) is 0 Å². The van der Waals surface area contributed by atoms with Crippen LogP contribution in [-0.2, 0) is 26.2 Å². The van der Waals surface area contributed by atoms with Crippen LogP contribution in [0, 0.1) is 0 Å². The fraction of sp³-hybridized carbons (Fsp3) is 0.176. The SMILES string of the molecule is Nc1nc(Nc2cc(CI)c([S+]([O-])c3cccc(C(F)(F)F)c3)c(CI)c2)n[nH]1.